The molecule has 0 aliphatic rings. The Labute approximate surface area is 95.9 Å². The second-order valence-electron chi connectivity index (χ2n) is 3.47. The number of hydrazine groups is 1. The van der Waals surface area contributed by atoms with Gasteiger partial charge in [-0.3, -0.25) is 4.90 Å². The minimum Gasteiger partial charge on any atom is -0.308 e. The van der Waals surface area contributed by atoms with Crippen LogP contribution in [0.4, 0.5) is 5.82 Å². The molecule has 16 heavy (non-hydrogen) atoms. The van der Waals surface area contributed by atoms with Crippen LogP contribution in [0.2, 0.25) is 0 Å². The summed E-state index contributed by atoms with van der Waals surface area (Å²) >= 11 is 0. The van der Waals surface area contributed by atoms with Crippen molar-refractivity contribution in [1.82, 2.24) is 9.88 Å². The van der Waals surface area contributed by atoms with Crippen LogP contribution in [0.5, 0.6) is 0 Å². The smallest absolute Gasteiger partial charge is 0.140 e. The first kappa shape index (κ1) is 12.4. The molecule has 0 amide bonds. The molecule has 0 aliphatic carbocycles. The molecule has 0 aromatic carbocycles. The molecule has 5 heteroatoms. The molecule has 0 atom stereocenters. The predicted octanol–water partition coefficient (Wildman–Crippen LogP) is 1.10. The van der Waals surface area contributed by atoms with E-state index in [1.807, 2.05) is 12.1 Å². The van der Waals surface area contributed by atoms with E-state index in [0.29, 0.717) is 12.2 Å². The molecule has 0 saturated carbocycles. The van der Waals surface area contributed by atoms with Gasteiger partial charge < -0.3 is 5.43 Å². The van der Waals surface area contributed by atoms with E-state index in [4.69, 9.17) is 11.1 Å². The number of nitrogen functional groups attached to an aromatic ring is 1. The lowest BCUT2D eigenvalue weighted by Gasteiger charge is -2.18. The predicted molar refractivity (Wildman–Crippen MR) is 63.2 cm³/mol. The molecule has 1 rings (SSSR count). The van der Waals surface area contributed by atoms with E-state index in [1.165, 1.54) is 0 Å². The first-order valence-corrected chi connectivity index (χ1v) is 5.31. The van der Waals surface area contributed by atoms with Crippen LogP contribution in [0.25, 0.3) is 0 Å². The highest BCUT2D eigenvalue weighted by atomic mass is 15.2. The van der Waals surface area contributed by atoms with Gasteiger partial charge in [0.25, 0.3) is 0 Å². The molecule has 0 spiro atoms. The van der Waals surface area contributed by atoms with Gasteiger partial charge in [0.05, 0.1) is 6.07 Å². The Morgan fingerprint density at radius 1 is 1.62 bits per heavy atom. The van der Waals surface area contributed by atoms with Crippen molar-refractivity contribution < 1.29 is 0 Å². The fraction of sp³-hybridized carbons (Fsp3) is 0.455. The van der Waals surface area contributed by atoms with E-state index >= 15 is 0 Å². The average Bonchev–Trinajstić information content (AvgIpc) is 2.34. The van der Waals surface area contributed by atoms with Gasteiger partial charge in [-0.1, -0.05) is 6.92 Å². The number of hydrogen-bond acceptors (Lipinski definition) is 5. The van der Waals surface area contributed by atoms with E-state index in [-0.39, 0.29) is 0 Å². The monoisotopic (exact) mass is 219 g/mol. The Balaban J connectivity index is 2.59. The third-order valence-corrected chi connectivity index (χ3v) is 2.37. The summed E-state index contributed by atoms with van der Waals surface area (Å²) in [6.07, 6.45) is 2.28. The summed E-state index contributed by atoms with van der Waals surface area (Å²) in [6.45, 7) is 4.62. The van der Waals surface area contributed by atoms with Gasteiger partial charge in [-0.25, -0.2) is 10.8 Å². The SMILES string of the molecule is CCN(CCC#N)Cc1ccnc(NN)c1. The van der Waals surface area contributed by atoms with E-state index in [1.54, 1.807) is 6.20 Å². The lowest BCUT2D eigenvalue weighted by Crippen LogP contribution is -2.24. The Kier molecular flexibility index (Phi) is 5.26. The largest absolute Gasteiger partial charge is 0.308 e. The molecule has 1 heterocycles. The number of hydrogen-bond donors (Lipinski definition) is 2. The van der Waals surface area contributed by atoms with Crippen LogP contribution in [-0.4, -0.2) is 23.0 Å². The molecule has 0 fully saturated rings. The van der Waals surface area contributed by atoms with Crippen molar-refractivity contribution in [2.75, 3.05) is 18.5 Å². The third-order valence-electron chi connectivity index (χ3n) is 2.37. The van der Waals surface area contributed by atoms with Crippen LogP contribution >= 0.6 is 0 Å². The van der Waals surface area contributed by atoms with Gasteiger partial charge in [-0.15, -0.1) is 0 Å². The fourth-order valence-corrected chi connectivity index (χ4v) is 1.47. The molecule has 0 radical (unpaired) electrons. The van der Waals surface area contributed by atoms with Crippen molar-refractivity contribution in [1.29, 1.82) is 5.26 Å². The van der Waals surface area contributed by atoms with Crippen molar-refractivity contribution in [3.63, 3.8) is 0 Å². The number of nitrogens with one attached hydrogen (secondary N) is 1. The maximum atomic E-state index is 8.55. The number of nitriles is 1. The first-order valence-electron chi connectivity index (χ1n) is 5.31. The summed E-state index contributed by atoms with van der Waals surface area (Å²) in [6, 6.07) is 6.02. The fourth-order valence-electron chi connectivity index (χ4n) is 1.47. The summed E-state index contributed by atoms with van der Waals surface area (Å²) in [5.74, 6) is 5.95. The summed E-state index contributed by atoms with van der Waals surface area (Å²) in [5.41, 5.74) is 3.66. The molecule has 0 bridgehead atoms. The van der Waals surface area contributed by atoms with E-state index in [9.17, 15) is 0 Å². The number of anilines is 1. The minimum atomic E-state index is 0.556. The zero-order valence-electron chi connectivity index (χ0n) is 9.48. The van der Waals surface area contributed by atoms with Gasteiger partial charge in [-0.05, 0) is 24.2 Å². The third kappa shape index (κ3) is 3.85. The number of nitrogens with zero attached hydrogens (tertiary/aromatic N) is 3. The van der Waals surface area contributed by atoms with Crippen LogP contribution in [-0.2, 0) is 6.54 Å². The molecule has 0 saturated heterocycles. The number of rotatable bonds is 6. The molecule has 0 aliphatic heterocycles. The lowest BCUT2D eigenvalue weighted by atomic mass is 10.2. The van der Waals surface area contributed by atoms with Crippen LogP contribution < -0.4 is 11.3 Å². The van der Waals surface area contributed by atoms with Crippen molar-refractivity contribution in [3.05, 3.63) is 23.9 Å². The Morgan fingerprint density at radius 2 is 2.44 bits per heavy atom. The van der Waals surface area contributed by atoms with Crippen LogP contribution in [0.15, 0.2) is 18.3 Å². The number of nitrogens with two attached hydrogens (primary N) is 1. The molecule has 1 aromatic heterocycles. The molecular formula is C11H17N5. The van der Waals surface area contributed by atoms with Crippen molar-refractivity contribution in [2.45, 2.75) is 19.9 Å². The zero-order chi connectivity index (χ0) is 11.8. The van der Waals surface area contributed by atoms with Gasteiger partial charge >= 0.3 is 0 Å². The molecule has 5 nitrogen and oxygen atoms in total. The maximum Gasteiger partial charge on any atom is 0.140 e. The highest BCUT2D eigenvalue weighted by Gasteiger charge is 2.03. The molecular weight excluding hydrogens is 202 g/mol. The van der Waals surface area contributed by atoms with Crippen molar-refractivity contribution in [2.24, 2.45) is 5.84 Å². The quantitative estimate of drug-likeness (QED) is 0.553. The van der Waals surface area contributed by atoms with E-state index in [0.717, 1.165) is 25.2 Å². The Morgan fingerprint density at radius 3 is 3.06 bits per heavy atom. The van der Waals surface area contributed by atoms with Gasteiger partial charge in [-0.2, -0.15) is 5.26 Å². The number of pyridine rings is 1. The van der Waals surface area contributed by atoms with Crippen molar-refractivity contribution >= 4 is 5.82 Å². The van der Waals surface area contributed by atoms with Crippen LogP contribution in [0.1, 0.15) is 18.9 Å². The average molecular weight is 219 g/mol. The second-order valence-corrected chi connectivity index (χ2v) is 3.47. The normalized spacial score (nSPS) is 10.1. The summed E-state index contributed by atoms with van der Waals surface area (Å²) in [5, 5.41) is 8.55. The maximum absolute atomic E-state index is 8.55. The molecule has 0 unspecified atom stereocenters. The van der Waals surface area contributed by atoms with Crippen molar-refractivity contribution in [3.8, 4) is 6.07 Å². The zero-order valence-corrected chi connectivity index (χ0v) is 9.48. The topological polar surface area (TPSA) is 78.0 Å². The molecule has 1 aromatic rings. The highest BCUT2D eigenvalue weighted by molar-refractivity contribution is 5.35. The standard InChI is InChI=1S/C11H17N5/c1-2-16(7-3-5-12)9-10-4-6-14-11(8-10)15-13/h4,6,8H,2-3,7,9,13H2,1H3,(H,14,15). The van der Waals surface area contributed by atoms with Gasteiger partial charge in [0, 0.05) is 25.7 Å². The van der Waals surface area contributed by atoms with Gasteiger partial charge in [0.15, 0.2) is 0 Å². The van der Waals surface area contributed by atoms with Crippen LogP contribution in [0, 0.1) is 11.3 Å². The summed E-state index contributed by atoms with van der Waals surface area (Å²) in [7, 11) is 0. The van der Waals surface area contributed by atoms with E-state index < -0.39 is 0 Å². The van der Waals surface area contributed by atoms with E-state index in [2.05, 4.69) is 28.3 Å². The highest BCUT2D eigenvalue weighted by Crippen LogP contribution is 2.08. The summed E-state index contributed by atoms with van der Waals surface area (Å²) < 4.78 is 0. The van der Waals surface area contributed by atoms with Crippen LogP contribution in [0.3, 0.4) is 0 Å². The Hall–Kier alpha value is -1.64. The first-order chi connectivity index (χ1) is 7.80. The Bertz CT molecular complexity index is 358. The number of aromatic nitrogens is 1. The minimum absolute atomic E-state index is 0.556. The van der Waals surface area contributed by atoms with Gasteiger partial charge in [0.1, 0.15) is 5.82 Å². The van der Waals surface area contributed by atoms with Gasteiger partial charge in [0.2, 0.25) is 0 Å². The molecule has 86 valence electrons. The molecule has 3 N–H and O–H groups in total. The lowest BCUT2D eigenvalue weighted by molar-refractivity contribution is 0.286. The summed E-state index contributed by atoms with van der Waals surface area (Å²) in [4.78, 5) is 6.25. The second kappa shape index (κ2) is 6.77.